The van der Waals surface area contributed by atoms with Crippen LogP contribution in [0.4, 0.5) is 0 Å². The van der Waals surface area contributed by atoms with Gasteiger partial charge in [0.05, 0.1) is 11.3 Å². The lowest BCUT2D eigenvalue weighted by Gasteiger charge is -2.09. The Labute approximate surface area is 114 Å². The standard InChI is InChI=1S/C14H14N4O2/c1-3-18-9(2)12(13(19)16-14(18)20)10-8-17-7-5-4-6-11(17)15-10/h4-8H,3H2,1-2H3,(H,16,19,20). The molecule has 0 saturated carbocycles. The summed E-state index contributed by atoms with van der Waals surface area (Å²) >= 11 is 0. The number of imidazole rings is 1. The number of nitrogens with one attached hydrogen (secondary N) is 1. The molecule has 20 heavy (non-hydrogen) atoms. The van der Waals surface area contributed by atoms with Crippen molar-refractivity contribution in [2.75, 3.05) is 0 Å². The van der Waals surface area contributed by atoms with Gasteiger partial charge in [-0.2, -0.15) is 0 Å². The van der Waals surface area contributed by atoms with Crippen LogP contribution in [-0.2, 0) is 6.54 Å². The van der Waals surface area contributed by atoms with Crippen molar-refractivity contribution in [1.82, 2.24) is 18.9 Å². The number of rotatable bonds is 2. The number of aromatic amines is 1. The second-order valence-electron chi connectivity index (χ2n) is 4.56. The van der Waals surface area contributed by atoms with Crippen molar-refractivity contribution in [2.24, 2.45) is 0 Å². The maximum Gasteiger partial charge on any atom is 0.328 e. The summed E-state index contributed by atoms with van der Waals surface area (Å²) in [6.45, 7) is 4.13. The highest BCUT2D eigenvalue weighted by Crippen LogP contribution is 2.18. The van der Waals surface area contributed by atoms with Crippen molar-refractivity contribution in [3.05, 3.63) is 57.1 Å². The van der Waals surface area contributed by atoms with Crippen LogP contribution in [0.25, 0.3) is 16.9 Å². The summed E-state index contributed by atoms with van der Waals surface area (Å²) in [5.41, 5.74) is 1.61. The van der Waals surface area contributed by atoms with Gasteiger partial charge in [-0.15, -0.1) is 0 Å². The van der Waals surface area contributed by atoms with Crippen LogP contribution in [0.1, 0.15) is 12.6 Å². The van der Waals surface area contributed by atoms with Crippen LogP contribution >= 0.6 is 0 Å². The quantitative estimate of drug-likeness (QED) is 0.760. The van der Waals surface area contributed by atoms with E-state index in [1.54, 1.807) is 13.1 Å². The van der Waals surface area contributed by atoms with Crippen LogP contribution in [0.2, 0.25) is 0 Å². The van der Waals surface area contributed by atoms with Gasteiger partial charge in [-0.05, 0) is 26.0 Å². The Morgan fingerprint density at radius 1 is 1.30 bits per heavy atom. The molecule has 0 atom stereocenters. The molecule has 0 radical (unpaired) electrons. The highest BCUT2D eigenvalue weighted by Gasteiger charge is 2.15. The molecule has 0 spiro atoms. The Morgan fingerprint density at radius 3 is 2.80 bits per heavy atom. The Morgan fingerprint density at radius 2 is 2.10 bits per heavy atom. The van der Waals surface area contributed by atoms with Crippen LogP contribution in [-0.4, -0.2) is 18.9 Å². The molecule has 3 rings (SSSR count). The van der Waals surface area contributed by atoms with Gasteiger partial charge in [-0.25, -0.2) is 9.78 Å². The lowest BCUT2D eigenvalue weighted by atomic mass is 10.2. The monoisotopic (exact) mass is 270 g/mol. The third kappa shape index (κ3) is 1.77. The van der Waals surface area contributed by atoms with E-state index < -0.39 is 5.56 Å². The second kappa shape index (κ2) is 4.48. The molecule has 0 aliphatic rings. The molecule has 102 valence electrons. The van der Waals surface area contributed by atoms with Crippen molar-refractivity contribution in [3.8, 4) is 11.3 Å². The van der Waals surface area contributed by atoms with Gasteiger partial charge in [0.2, 0.25) is 0 Å². The third-order valence-corrected chi connectivity index (χ3v) is 3.40. The maximum absolute atomic E-state index is 12.1. The first-order valence-electron chi connectivity index (χ1n) is 6.39. The first-order chi connectivity index (χ1) is 9.61. The fourth-order valence-electron chi connectivity index (χ4n) is 2.42. The van der Waals surface area contributed by atoms with Gasteiger partial charge in [0.25, 0.3) is 5.56 Å². The second-order valence-corrected chi connectivity index (χ2v) is 4.56. The van der Waals surface area contributed by atoms with E-state index in [0.29, 0.717) is 23.5 Å². The van der Waals surface area contributed by atoms with Gasteiger partial charge in [-0.1, -0.05) is 6.07 Å². The highest BCUT2D eigenvalue weighted by molar-refractivity contribution is 5.63. The van der Waals surface area contributed by atoms with E-state index in [1.807, 2.05) is 35.7 Å². The van der Waals surface area contributed by atoms with E-state index in [2.05, 4.69) is 9.97 Å². The Hall–Kier alpha value is -2.63. The molecular weight excluding hydrogens is 256 g/mol. The molecule has 0 aliphatic heterocycles. The van der Waals surface area contributed by atoms with Gasteiger partial charge in [0.1, 0.15) is 5.65 Å². The Bertz CT molecular complexity index is 868. The van der Waals surface area contributed by atoms with Gasteiger partial charge in [0.15, 0.2) is 0 Å². The zero-order chi connectivity index (χ0) is 14.3. The molecule has 3 aromatic rings. The van der Waals surface area contributed by atoms with E-state index in [-0.39, 0.29) is 5.69 Å². The predicted molar refractivity (Wildman–Crippen MR) is 75.9 cm³/mol. The SMILES string of the molecule is CCn1c(C)c(-c2cn3ccccc3n2)c(=O)[nH]c1=O. The fraction of sp³-hybridized carbons (Fsp3) is 0.214. The average molecular weight is 270 g/mol. The molecule has 0 aromatic carbocycles. The summed E-state index contributed by atoms with van der Waals surface area (Å²) in [5, 5.41) is 0. The number of hydrogen-bond acceptors (Lipinski definition) is 3. The number of aromatic nitrogens is 4. The summed E-state index contributed by atoms with van der Waals surface area (Å²) in [7, 11) is 0. The van der Waals surface area contributed by atoms with Crippen molar-refractivity contribution >= 4 is 5.65 Å². The third-order valence-electron chi connectivity index (χ3n) is 3.40. The number of fused-ring (bicyclic) bond motifs is 1. The van der Waals surface area contributed by atoms with Gasteiger partial charge < -0.3 is 4.40 Å². The Kier molecular flexibility index (Phi) is 2.78. The molecule has 0 unspecified atom stereocenters. The average Bonchev–Trinajstić information content (AvgIpc) is 2.81. The fourth-order valence-corrected chi connectivity index (χ4v) is 2.42. The zero-order valence-corrected chi connectivity index (χ0v) is 11.3. The molecule has 1 N–H and O–H groups in total. The maximum atomic E-state index is 12.1. The topological polar surface area (TPSA) is 72.2 Å². The van der Waals surface area contributed by atoms with Crippen LogP contribution in [0.5, 0.6) is 0 Å². The summed E-state index contributed by atoms with van der Waals surface area (Å²) in [5.74, 6) is 0. The van der Waals surface area contributed by atoms with E-state index in [1.165, 1.54) is 4.57 Å². The molecule has 6 heteroatoms. The van der Waals surface area contributed by atoms with Crippen LogP contribution in [0, 0.1) is 6.92 Å². The van der Waals surface area contributed by atoms with Crippen molar-refractivity contribution in [2.45, 2.75) is 20.4 Å². The number of nitrogens with zero attached hydrogens (tertiary/aromatic N) is 3. The molecule has 0 fully saturated rings. The van der Waals surface area contributed by atoms with Crippen LogP contribution in [0.3, 0.4) is 0 Å². The summed E-state index contributed by atoms with van der Waals surface area (Å²) < 4.78 is 3.37. The van der Waals surface area contributed by atoms with Gasteiger partial charge >= 0.3 is 5.69 Å². The van der Waals surface area contributed by atoms with Crippen LogP contribution < -0.4 is 11.2 Å². The molecule has 0 aliphatic carbocycles. The lowest BCUT2D eigenvalue weighted by Crippen LogP contribution is -2.32. The zero-order valence-electron chi connectivity index (χ0n) is 11.3. The minimum Gasteiger partial charge on any atom is -0.306 e. The normalized spacial score (nSPS) is 11.1. The van der Waals surface area contributed by atoms with Gasteiger partial charge in [-0.3, -0.25) is 14.3 Å². The molecule has 3 aromatic heterocycles. The molecular formula is C14H14N4O2. The molecule has 6 nitrogen and oxygen atoms in total. The van der Waals surface area contributed by atoms with E-state index in [0.717, 1.165) is 5.65 Å². The van der Waals surface area contributed by atoms with Gasteiger partial charge in [0, 0.05) is 24.6 Å². The number of hydrogen-bond donors (Lipinski definition) is 1. The van der Waals surface area contributed by atoms with E-state index in [4.69, 9.17) is 0 Å². The summed E-state index contributed by atoms with van der Waals surface area (Å²) in [6.07, 6.45) is 3.66. The first-order valence-corrected chi connectivity index (χ1v) is 6.39. The highest BCUT2D eigenvalue weighted by atomic mass is 16.2. The molecule has 3 heterocycles. The largest absolute Gasteiger partial charge is 0.328 e. The summed E-state index contributed by atoms with van der Waals surface area (Å²) in [4.78, 5) is 30.6. The smallest absolute Gasteiger partial charge is 0.306 e. The summed E-state index contributed by atoms with van der Waals surface area (Å²) in [6, 6.07) is 5.64. The Balaban J connectivity index is 2.34. The molecule has 0 amide bonds. The van der Waals surface area contributed by atoms with E-state index in [9.17, 15) is 9.59 Å². The van der Waals surface area contributed by atoms with E-state index >= 15 is 0 Å². The van der Waals surface area contributed by atoms with Crippen molar-refractivity contribution < 1.29 is 0 Å². The minimum absolute atomic E-state index is 0.387. The molecule has 0 bridgehead atoms. The van der Waals surface area contributed by atoms with Crippen molar-refractivity contribution in [1.29, 1.82) is 0 Å². The number of pyridine rings is 1. The molecule has 0 saturated heterocycles. The van der Waals surface area contributed by atoms with Crippen molar-refractivity contribution in [3.63, 3.8) is 0 Å². The predicted octanol–water partition coefficient (Wildman–Crippen LogP) is 1.18. The first kappa shape index (κ1) is 12.4. The van der Waals surface area contributed by atoms with Crippen LogP contribution in [0.15, 0.2) is 40.2 Å². The number of H-pyrrole nitrogens is 1. The lowest BCUT2D eigenvalue weighted by molar-refractivity contribution is 0.671. The minimum atomic E-state index is -0.402.